The van der Waals surface area contributed by atoms with Crippen LogP contribution in [0.15, 0.2) is 54.6 Å². The van der Waals surface area contributed by atoms with Gasteiger partial charge in [0.05, 0.1) is 12.1 Å². The van der Waals surface area contributed by atoms with Crippen molar-refractivity contribution in [2.45, 2.75) is 71.1 Å². The van der Waals surface area contributed by atoms with Crippen LogP contribution in [0.2, 0.25) is 0 Å². The molecule has 0 bridgehead atoms. The molecule has 38 heavy (non-hydrogen) atoms. The molecule has 0 unspecified atom stereocenters. The number of rotatable bonds is 14. The largest absolute Gasteiger partial charge is 0.508 e. The second-order valence-electron chi connectivity index (χ2n) is 10.3. The van der Waals surface area contributed by atoms with Gasteiger partial charge in [0.25, 0.3) is 0 Å². The number of carbonyl (C=O) groups is 4. The lowest BCUT2D eigenvalue weighted by molar-refractivity contribution is -0.133. The standard InChI is InChI=1S/C29H40N4O5/c1-18(2)14-24(31-27(36)23(30)15-20-8-6-5-7-9-20)28(37)32-25(16-21-10-12-22(35)13-11-21)29(38)33-26(17-34)19(3)4/h5-13,17-19,23-26,35H,14-16,30H2,1-4H3,(H,31,36)(H,32,37)(H,33,38)/t23-,24-,25-,26+/m0/s1. The minimum absolute atomic E-state index is 0.0705. The highest BCUT2D eigenvalue weighted by Crippen LogP contribution is 2.13. The second kappa shape index (κ2) is 14.9. The summed E-state index contributed by atoms with van der Waals surface area (Å²) in [5, 5.41) is 17.8. The Bertz CT molecular complexity index is 1060. The summed E-state index contributed by atoms with van der Waals surface area (Å²) >= 11 is 0. The molecule has 6 N–H and O–H groups in total. The molecule has 4 atom stereocenters. The van der Waals surface area contributed by atoms with Crippen molar-refractivity contribution in [1.29, 1.82) is 0 Å². The quantitative estimate of drug-likeness (QED) is 0.238. The Hall–Kier alpha value is -3.72. The predicted molar refractivity (Wildman–Crippen MR) is 146 cm³/mol. The van der Waals surface area contributed by atoms with Gasteiger partial charge in [-0.05, 0) is 47.9 Å². The van der Waals surface area contributed by atoms with E-state index in [1.807, 2.05) is 44.2 Å². The second-order valence-corrected chi connectivity index (χ2v) is 10.3. The zero-order chi connectivity index (χ0) is 28.2. The van der Waals surface area contributed by atoms with Gasteiger partial charge >= 0.3 is 0 Å². The average molecular weight is 525 g/mol. The van der Waals surface area contributed by atoms with Gasteiger partial charge in [0.2, 0.25) is 17.7 Å². The monoisotopic (exact) mass is 524 g/mol. The number of carbonyl (C=O) groups excluding carboxylic acids is 4. The van der Waals surface area contributed by atoms with Gasteiger partial charge in [-0.2, -0.15) is 0 Å². The third-order valence-corrected chi connectivity index (χ3v) is 6.16. The Morgan fingerprint density at radius 2 is 1.34 bits per heavy atom. The van der Waals surface area contributed by atoms with E-state index < -0.39 is 41.9 Å². The van der Waals surface area contributed by atoms with Crippen LogP contribution in [0.1, 0.15) is 45.2 Å². The number of nitrogens with one attached hydrogen (secondary N) is 3. The molecule has 0 fully saturated rings. The molecule has 0 spiro atoms. The SMILES string of the molecule is CC(C)C[C@H](NC(=O)[C@@H](N)Cc1ccccc1)C(=O)N[C@@H](Cc1ccc(O)cc1)C(=O)N[C@H](C=O)C(C)C. The van der Waals surface area contributed by atoms with Gasteiger partial charge in [0, 0.05) is 6.42 Å². The van der Waals surface area contributed by atoms with Crippen molar-refractivity contribution in [3.05, 3.63) is 65.7 Å². The summed E-state index contributed by atoms with van der Waals surface area (Å²) in [4.78, 5) is 50.9. The number of hydrogen-bond donors (Lipinski definition) is 5. The first-order valence-electron chi connectivity index (χ1n) is 12.9. The first-order chi connectivity index (χ1) is 18.0. The Morgan fingerprint density at radius 3 is 1.89 bits per heavy atom. The molecule has 2 rings (SSSR count). The van der Waals surface area contributed by atoms with E-state index in [0.29, 0.717) is 24.7 Å². The highest BCUT2D eigenvalue weighted by molar-refractivity contribution is 5.93. The maximum Gasteiger partial charge on any atom is 0.243 e. The molecular formula is C29H40N4O5. The summed E-state index contributed by atoms with van der Waals surface area (Å²) in [6.45, 7) is 7.46. The van der Waals surface area contributed by atoms with E-state index in [0.717, 1.165) is 5.56 Å². The van der Waals surface area contributed by atoms with Gasteiger partial charge in [-0.25, -0.2) is 0 Å². The van der Waals surface area contributed by atoms with Gasteiger partial charge in [-0.3, -0.25) is 14.4 Å². The molecule has 0 aromatic heterocycles. The van der Waals surface area contributed by atoms with E-state index in [1.165, 1.54) is 12.1 Å². The van der Waals surface area contributed by atoms with E-state index in [4.69, 9.17) is 5.73 Å². The summed E-state index contributed by atoms with van der Waals surface area (Å²) in [7, 11) is 0. The summed E-state index contributed by atoms with van der Waals surface area (Å²) in [5.74, 6) is -1.50. The fourth-order valence-electron chi connectivity index (χ4n) is 3.91. The molecule has 0 aliphatic rings. The number of nitrogens with two attached hydrogens (primary N) is 1. The van der Waals surface area contributed by atoms with Crippen molar-refractivity contribution in [3.8, 4) is 5.75 Å². The van der Waals surface area contributed by atoms with Gasteiger partial charge in [-0.1, -0.05) is 70.2 Å². The van der Waals surface area contributed by atoms with Crippen LogP contribution in [0, 0.1) is 11.8 Å². The van der Waals surface area contributed by atoms with E-state index in [9.17, 15) is 24.3 Å². The van der Waals surface area contributed by atoms with E-state index in [-0.39, 0.29) is 24.0 Å². The van der Waals surface area contributed by atoms with E-state index in [2.05, 4.69) is 16.0 Å². The summed E-state index contributed by atoms with van der Waals surface area (Å²) in [6, 6.07) is 12.1. The van der Waals surface area contributed by atoms with Crippen molar-refractivity contribution < 1.29 is 24.3 Å². The number of hydrogen-bond acceptors (Lipinski definition) is 6. The van der Waals surface area contributed by atoms with Crippen LogP contribution in [-0.2, 0) is 32.0 Å². The molecule has 0 heterocycles. The maximum atomic E-state index is 13.4. The number of aromatic hydroxyl groups is 1. The molecule has 2 aromatic rings. The molecule has 0 saturated heterocycles. The van der Waals surface area contributed by atoms with Gasteiger partial charge < -0.3 is 31.6 Å². The van der Waals surface area contributed by atoms with Gasteiger partial charge in [0.15, 0.2) is 0 Å². The Kier molecular flexibility index (Phi) is 11.9. The number of amides is 3. The number of phenols is 1. The fourth-order valence-corrected chi connectivity index (χ4v) is 3.91. The zero-order valence-electron chi connectivity index (χ0n) is 22.5. The zero-order valence-corrected chi connectivity index (χ0v) is 22.5. The minimum Gasteiger partial charge on any atom is -0.508 e. The van der Waals surface area contributed by atoms with Crippen molar-refractivity contribution in [2.75, 3.05) is 0 Å². The van der Waals surface area contributed by atoms with Crippen molar-refractivity contribution in [2.24, 2.45) is 17.6 Å². The lowest BCUT2D eigenvalue weighted by Gasteiger charge is -2.26. The summed E-state index contributed by atoms with van der Waals surface area (Å²) < 4.78 is 0. The summed E-state index contributed by atoms with van der Waals surface area (Å²) in [6.07, 6.45) is 1.44. The normalized spacial score (nSPS) is 14.3. The fraction of sp³-hybridized carbons (Fsp3) is 0.448. The molecule has 206 valence electrons. The minimum atomic E-state index is -1.02. The third kappa shape index (κ3) is 9.97. The number of aldehydes is 1. The van der Waals surface area contributed by atoms with Gasteiger partial charge in [0.1, 0.15) is 24.1 Å². The molecule has 9 heteroatoms. The molecule has 2 aromatic carbocycles. The Morgan fingerprint density at radius 1 is 0.789 bits per heavy atom. The first kappa shape index (κ1) is 30.5. The molecule has 0 saturated carbocycles. The molecule has 0 radical (unpaired) electrons. The maximum absolute atomic E-state index is 13.4. The van der Waals surface area contributed by atoms with Crippen molar-refractivity contribution >= 4 is 24.0 Å². The van der Waals surface area contributed by atoms with Gasteiger partial charge in [-0.15, -0.1) is 0 Å². The molecule has 0 aliphatic heterocycles. The van der Waals surface area contributed by atoms with Crippen molar-refractivity contribution in [1.82, 2.24) is 16.0 Å². The smallest absolute Gasteiger partial charge is 0.243 e. The summed E-state index contributed by atoms with van der Waals surface area (Å²) in [5.41, 5.74) is 7.73. The van der Waals surface area contributed by atoms with Crippen LogP contribution in [-0.4, -0.2) is 53.3 Å². The van der Waals surface area contributed by atoms with Crippen LogP contribution < -0.4 is 21.7 Å². The molecule has 3 amide bonds. The number of phenolic OH excluding ortho intramolecular Hbond substituents is 1. The Labute approximate surface area is 224 Å². The lowest BCUT2D eigenvalue weighted by atomic mass is 9.99. The topological polar surface area (TPSA) is 151 Å². The van der Waals surface area contributed by atoms with E-state index >= 15 is 0 Å². The van der Waals surface area contributed by atoms with Crippen LogP contribution in [0.5, 0.6) is 5.75 Å². The van der Waals surface area contributed by atoms with Crippen LogP contribution >= 0.6 is 0 Å². The van der Waals surface area contributed by atoms with Crippen molar-refractivity contribution in [3.63, 3.8) is 0 Å². The molecule has 9 nitrogen and oxygen atoms in total. The first-order valence-corrected chi connectivity index (χ1v) is 12.9. The third-order valence-electron chi connectivity index (χ3n) is 6.16. The Balaban J connectivity index is 2.19. The highest BCUT2D eigenvalue weighted by atomic mass is 16.3. The molecule has 0 aliphatic carbocycles. The predicted octanol–water partition coefficient (Wildman–Crippen LogP) is 1.86. The van der Waals surface area contributed by atoms with Crippen LogP contribution in [0.4, 0.5) is 0 Å². The van der Waals surface area contributed by atoms with Crippen LogP contribution in [0.25, 0.3) is 0 Å². The number of benzene rings is 2. The van der Waals surface area contributed by atoms with Crippen LogP contribution in [0.3, 0.4) is 0 Å². The average Bonchev–Trinajstić information content (AvgIpc) is 2.87. The highest BCUT2D eigenvalue weighted by Gasteiger charge is 2.30. The van der Waals surface area contributed by atoms with E-state index in [1.54, 1.807) is 26.0 Å². The molecular weight excluding hydrogens is 484 g/mol. The lowest BCUT2D eigenvalue weighted by Crippen LogP contribution is -2.58.